The minimum Gasteiger partial charge on any atom is -0.495 e. The van der Waals surface area contributed by atoms with Gasteiger partial charge in [0.05, 0.1) is 13.3 Å². The van der Waals surface area contributed by atoms with Crippen LogP contribution in [0.3, 0.4) is 0 Å². The molecule has 1 N–H and O–H groups in total. The van der Waals surface area contributed by atoms with Crippen LogP contribution in [-0.2, 0) is 6.42 Å². The van der Waals surface area contributed by atoms with Gasteiger partial charge in [0.2, 0.25) is 0 Å². The second-order valence-corrected chi connectivity index (χ2v) is 5.23. The highest BCUT2D eigenvalue weighted by atomic mass is 16.5. The highest BCUT2D eigenvalue weighted by Gasteiger charge is 2.12. The molecule has 21 heavy (non-hydrogen) atoms. The van der Waals surface area contributed by atoms with E-state index in [0.717, 1.165) is 25.1 Å². The van der Waals surface area contributed by atoms with E-state index in [1.807, 2.05) is 6.20 Å². The summed E-state index contributed by atoms with van der Waals surface area (Å²) in [6.45, 7) is 5.24. The molecule has 112 valence electrons. The summed E-state index contributed by atoms with van der Waals surface area (Å²) in [6, 6.07) is 11.0. The van der Waals surface area contributed by atoms with Gasteiger partial charge < -0.3 is 10.1 Å². The number of hydrogen-bond donors (Lipinski definition) is 1. The Morgan fingerprint density at radius 1 is 1.24 bits per heavy atom. The van der Waals surface area contributed by atoms with E-state index in [1.54, 1.807) is 13.3 Å². The van der Waals surface area contributed by atoms with Crippen LogP contribution in [0.4, 0.5) is 0 Å². The van der Waals surface area contributed by atoms with Crippen molar-refractivity contribution in [3.8, 4) is 5.75 Å². The van der Waals surface area contributed by atoms with Crippen LogP contribution in [0.15, 0.2) is 42.7 Å². The van der Waals surface area contributed by atoms with Gasteiger partial charge in [-0.15, -0.1) is 0 Å². The van der Waals surface area contributed by atoms with Crippen LogP contribution in [0.25, 0.3) is 0 Å². The summed E-state index contributed by atoms with van der Waals surface area (Å²) >= 11 is 0. The molecule has 0 amide bonds. The zero-order valence-electron chi connectivity index (χ0n) is 13.1. The van der Waals surface area contributed by atoms with E-state index in [9.17, 15) is 0 Å². The second-order valence-electron chi connectivity index (χ2n) is 5.23. The fraction of sp³-hybridized carbons (Fsp3) is 0.389. The zero-order valence-corrected chi connectivity index (χ0v) is 13.1. The summed E-state index contributed by atoms with van der Waals surface area (Å²) in [4.78, 5) is 4.27. The van der Waals surface area contributed by atoms with Gasteiger partial charge in [-0.3, -0.25) is 4.98 Å². The van der Waals surface area contributed by atoms with E-state index in [0.29, 0.717) is 6.04 Å². The Bertz CT molecular complexity index is 569. The molecule has 3 nitrogen and oxygen atoms in total. The number of hydrogen-bond acceptors (Lipinski definition) is 3. The molecule has 2 aromatic rings. The van der Waals surface area contributed by atoms with Crippen molar-refractivity contribution in [2.75, 3.05) is 13.7 Å². The monoisotopic (exact) mass is 284 g/mol. The third kappa shape index (κ3) is 4.30. The SMILES string of the molecule is CCNC(CCc1ccccc1C)c1cncc(OC)c1. The molecule has 0 spiro atoms. The van der Waals surface area contributed by atoms with E-state index in [4.69, 9.17) is 4.74 Å². The van der Waals surface area contributed by atoms with Crippen molar-refractivity contribution in [3.63, 3.8) is 0 Å². The molecule has 0 bridgehead atoms. The van der Waals surface area contributed by atoms with Crippen molar-refractivity contribution < 1.29 is 4.74 Å². The Morgan fingerprint density at radius 3 is 2.76 bits per heavy atom. The molecule has 0 saturated heterocycles. The van der Waals surface area contributed by atoms with Crippen LogP contribution in [0.5, 0.6) is 5.75 Å². The molecule has 3 heteroatoms. The number of aryl methyl sites for hydroxylation is 2. The molecule has 1 aromatic carbocycles. The molecule has 0 saturated carbocycles. The number of ether oxygens (including phenoxy) is 1. The summed E-state index contributed by atoms with van der Waals surface area (Å²) in [5, 5.41) is 3.54. The van der Waals surface area contributed by atoms with E-state index < -0.39 is 0 Å². The maximum absolute atomic E-state index is 5.27. The number of aromatic nitrogens is 1. The van der Waals surface area contributed by atoms with Gasteiger partial charge in [-0.25, -0.2) is 0 Å². The molecule has 0 aliphatic rings. The average molecular weight is 284 g/mol. The molecule has 2 rings (SSSR count). The fourth-order valence-electron chi connectivity index (χ4n) is 2.56. The third-order valence-electron chi connectivity index (χ3n) is 3.79. The van der Waals surface area contributed by atoms with Crippen molar-refractivity contribution >= 4 is 0 Å². The first kappa shape index (κ1) is 15.5. The summed E-state index contributed by atoms with van der Waals surface area (Å²) in [5.41, 5.74) is 3.96. The Labute approximate surface area is 127 Å². The Hall–Kier alpha value is -1.87. The Balaban J connectivity index is 2.10. The summed E-state index contributed by atoms with van der Waals surface area (Å²) < 4.78 is 5.27. The fourth-order valence-corrected chi connectivity index (χ4v) is 2.56. The standard InChI is InChI=1S/C18H24N2O/c1-4-20-18(16-11-17(21-3)13-19-12-16)10-9-15-8-6-5-7-14(15)2/h5-8,11-13,18,20H,4,9-10H2,1-3H3. The minimum atomic E-state index is 0.303. The van der Waals surface area contributed by atoms with Crippen LogP contribution >= 0.6 is 0 Å². The lowest BCUT2D eigenvalue weighted by molar-refractivity contribution is 0.410. The van der Waals surface area contributed by atoms with Crippen molar-refractivity contribution in [2.24, 2.45) is 0 Å². The highest BCUT2D eigenvalue weighted by molar-refractivity contribution is 5.28. The molecule has 0 fully saturated rings. The smallest absolute Gasteiger partial charge is 0.137 e. The van der Waals surface area contributed by atoms with Crippen LogP contribution in [0.1, 0.15) is 36.1 Å². The normalized spacial score (nSPS) is 12.1. The number of nitrogens with one attached hydrogen (secondary N) is 1. The van der Waals surface area contributed by atoms with E-state index in [-0.39, 0.29) is 0 Å². The first-order chi connectivity index (χ1) is 10.2. The quantitative estimate of drug-likeness (QED) is 0.842. The summed E-state index contributed by atoms with van der Waals surface area (Å²) in [5.74, 6) is 0.811. The summed E-state index contributed by atoms with van der Waals surface area (Å²) in [6.07, 6.45) is 5.77. The van der Waals surface area contributed by atoms with Crippen molar-refractivity contribution in [1.29, 1.82) is 0 Å². The van der Waals surface area contributed by atoms with Crippen molar-refractivity contribution in [1.82, 2.24) is 10.3 Å². The maximum Gasteiger partial charge on any atom is 0.137 e. The predicted molar refractivity (Wildman–Crippen MR) is 86.7 cm³/mol. The summed E-state index contributed by atoms with van der Waals surface area (Å²) in [7, 11) is 1.68. The van der Waals surface area contributed by atoms with E-state index in [2.05, 4.69) is 54.5 Å². The van der Waals surface area contributed by atoms with Crippen LogP contribution in [0.2, 0.25) is 0 Å². The average Bonchev–Trinajstić information content (AvgIpc) is 2.53. The number of benzene rings is 1. The van der Waals surface area contributed by atoms with Gasteiger partial charge in [-0.05, 0) is 49.1 Å². The number of nitrogens with zero attached hydrogens (tertiary/aromatic N) is 1. The van der Waals surface area contributed by atoms with Crippen molar-refractivity contribution in [3.05, 3.63) is 59.4 Å². The molecular formula is C18H24N2O. The molecule has 0 aliphatic carbocycles. The molecular weight excluding hydrogens is 260 g/mol. The van der Waals surface area contributed by atoms with Gasteiger partial charge in [-0.1, -0.05) is 31.2 Å². The molecule has 1 heterocycles. The highest BCUT2D eigenvalue weighted by Crippen LogP contribution is 2.22. The Morgan fingerprint density at radius 2 is 2.05 bits per heavy atom. The van der Waals surface area contributed by atoms with Gasteiger partial charge >= 0.3 is 0 Å². The molecule has 1 unspecified atom stereocenters. The molecule has 1 atom stereocenters. The number of pyridine rings is 1. The largest absolute Gasteiger partial charge is 0.495 e. The molecule has 1 aromatic heterocycles. The van der Waals surface area contributed by atoms with Crippen LogP contribution in [0, 0.1) is 6.92 Å². The Kier molecular flexibility index (Phi) is 5.76. The predicted octanol–water partition coefficient (Wildman–Crippen LogP) is 3.68. The van der Waals surface area contributed by atoms with Crippen molar-refractivity contribution in [2.45, 2.75) is 32.7 Å². The topological polar surface area (TPSA) is 34.2 Å². The number of rotatable bonds is 7. The van der Waals surface area contributed by atoms with E-state index >= 15 is 0 Å². The van der Waals surface area contributed by atoms with Crippen LogP contribution < -0.4 is 10.1 Å². The lowest BCUT2D eigenvalue weighted by Crippen LogP contribution is -2.21. The minimum absolute atomic E-state index is 0.303. The number of methoxy groups -OCH3 is 1. The lowest BCUT2D eigenvalue weighted by atomic mass is 9.97. The van der Waals surface area contributed by atoms with Crippen LogP contribution in [-0.4, -0.2) is 18.6 Å². The first-order valence-electron chi connectivity index (χ1n) is 7.51. The van der Waals surface area contributed by atoms with E-state index in [1.165, 1.54) is 16.7 Å². The van der Waals surface area contributed by atoms with Gasteiger partial charge in [0, 0.05) is 12.2 Å². The van der Waals surface area contributed by atoms with Gasteiger partial charge in [0.25, 0.3) is 0 Å². The molecule has 0 aliphatic heterocycles. The second kappa shape index (κ2) is 7.79. The van der Waals surface area contributed by atoms with Gasteiger partial charge in [0.15, 0.2) is 0 Å². The maximum atomic E-state index is 5.27. The van der Waals surface area contributed by atoms with Gasteiger partial charge in [0.1, 0.15) is 5.75 Å². The third-order valence-corrected chi connectivity index (χ3v) is 3.79. The lowest BCUT2D eigenvalue weighted by Gasteiger charge is -2.19. The van der Waals surface area contributed by atoms with Gasteiger partial charge in [-0.2, -0.15) is 0 Å². The zero-order chi connectivity index (χ0) is 15.1. The first-order valence-corrected chi connectivity index (χ1v) is 7.51. The molecule has 0 radical (unpaired) electrons.